The van der Waals surface area contributed by atoms with Gasteiger partial charge in [-0.05, 0) is 55.3 Å². The van der Waals surface area contributed by atoms with Gasteiger partial charge < -0.3 is 15.4 Å². The van der Waals surface area contributed by atoms with E-state index in [0.29, 0.717) is 22.8 Å². The number of hydrogen-bond acceptors (Lipinski definition) is 4. The number of aromatic nitrogens is 1. The predicted octanol–water partition coefficient (Wildman–Crippen LogP) is 4.70. The van der Waals surface area contributed by atoms with Crippen LogP contribution in [0.3, 0.4) is 0 Å². The Morgan fingerprint density at radius 3 is 2.54 bits per heavy atom. The Morgan fingerprint density at radius 1 is 1.00 bits per heavy atom. The molecule has 3 aromatic rings. The van der Waals surface area contributed by atoms with E-state index in [1.807, 2.05) is 30.3 Å². The molecule has 0 spiro atoms. The van der Waals surface area contributed by atoms with E-state index in [9.17, 15) is 4.79 Å². The number of nitrogens with zero attached hydrogens (tertiary/aromatic N) is 1. The molecule has 0 aliphatic carbocycles. The number of ether oxygens (including phenoxy) is 1. The Labute approximate surface area is 153 Å². The fraction of sp³-hybridized carbons (Fsp3) is 0.143. The normalized spacial score (nSPS) is 10.3. The molecule has 0 atom stereocenters. The van der Waals surface area contributed by atoms with Crippen molar-refractivity contribution >= 4 is 23.1 Å². The second-order valence-electron chi connectivity index (χ2n) is 5.96. The number of amides is 1. The van der Waals surface area contributed by atoms with Crippen molar-refractivity contribution in [3.8, 4) is 5.75 Å². The number of carbonyl (C=O) groups excluding carboxylic acids is 1. The van der Waals surface area contributed by atoms with Crippen molar-refractivity contribution < 1.29 is 9.53 Å². The van der Waals surface area contributed by atoms with Crippen LogP contribution in [0.4, 0.5) is 17.2 Å². The summed E-state index contributed by atoms with van der Waals surface area (Å²) in [6, 6.07) is 16.8. The molecule has 1 amide bonds. The molecule has 0 fully saturated rings. The smallest absolute Gasteiger partial charge is 0.259 e. The molecule has 1 heterocycles. The van der Waals surface area contributed by atoms with Gasteiger partial charge in [0.2, 0.25) is 0 Å². The zero-order valence-corrected chi connectivity index (χ0v) is 15.0. The summed E-state index contributed by atoms with van der Waals surface area (Å²) in [6.45, 7) is 4.14. The molecular formula is C21H21N3O2. The van der Waals surface area contributed by atoms with E-state index in [4.69, 9.17) is 4.74 Å². The van der Waals surface area contributed by atoms with E-state index in [0.717, 1.165) is 5.69 Å². The molecule has 0 bridgehead atoms. The fourth-order valence-corrected chi connectivity index (χ4v) is 2.60. The molecule has 0 aliphatic rings. The minimum Gasteiger partial charge on any atom is -0.496 e. The van der Waals surface area contributed by atoms with Gasteiger partial charge in [-0.3, -0.25) is 4.79 Å². The van der Waals surface area contributed by atoms with E-state index in [-0.39, 0.29) is 5.91 Å². The van der Waals surface area contributed by atoms with Crippen LogP contribution in [0.15, 0.2) is 60.8 Å². The van der Waals surface area contributed by atoms with Crippen molar-refractivity contribution in [2.75, 3.05) is 17.7 Å². The Morgan fingerprint density at radius 2 is 1.81 bits per heavy atom. The number of hydrogen-bond donors (Lipinski definition) is 2. The third-order valence-electron chi connectivity index (χ3n) is 4.24. The SMILES string of the molecule is COc1ccccc1C(=O)Nc1ccc(Nc2cccc(C)c2C)nc1. The van der Waals surface area contributed by atoms with Crippen LogP contribution in [0.1, 0.15) is 21.5 Å². The number of aryl methyl sites for hydroxylation is 1. The topological polar surface area (TPSA) is 63.2 Å². The summed E-state index contributed by atoms with van der Waals surface area (Å²) < 4.78 is 5.22. The molecule has 3 rings (SSSR count). The van der Waals surface area contributed by atoms with Crippen molar-refractivity contribution in [1.29, 1.82) is 0 Å². The predicted molar refractivity (Wildman–Crippen MR) is 104 cm³/mol. The summed E-state index contributed by atoms with van der Waals surface area (Å²) in [5.74, 6) is 1.01. The number of benzene rings is 2. The second kappa shape index (κ2) is 7.70. The van der Waals surface area contributed by atoms with Crippen molar-refractivity contribution in [2.24, 2.45) is 0 Å². The highest BCUT2D eigenvalue weighted by Crippen LogP contribution is 2.23. The molecule has 0 aliphatic heterocycles. The van der Waals surface area contributed by atoms with E-state index < -0.39 is 0 Å². The maximum absolute atomic E-state index is 12.4. The molecule has 132 valence electrons. The number of anilines is 3. The number of methoxy groups -OCH3 is 1. The molecule has 5 heteroatoms. The van der Waals surface area contributed by atoms with E-state index in [1.54, 1.807) is 31.5 Å². The number of rotatable bonds is 5. The number of nitrogens with one attached hydrogen (secondary N) is 2. The fourth-order valence-electron chi connectivity index (χ4n) is 2.60. The van der Waals surface area contributed by atoms with Crippen LogP contribution >= 0.6 is 0 Å². The Bertz CT molecular complexity index is 921. The van der Waals surface area contributed by atoms with Gasteiger partial charge in [-0.1, -0.05) is 24.3 Å². The summed E-state index contributed by atoms with van der Waals surface area (Å²) in [6.07, 6.45) is 1.63. The van der Waals surface area contributed by atoms with Crippen LogP contribution < -0.4 is 15.4 Å². The summed E-state index contributed by atoms with van der Waals surface area (Å²) >= 11 is 0. The van der Waals surface area contributed by atoms with Gasteiger partial charge in [0, 0.05) is 5.69 Å². The van der Waals surface area contributed by atoms with Crippen LogP contribution in [0.5, 0.6) is 5.75 Å². The van der Waals surface area contributed by atoms with E-state index in [2.05, 4.69) is 35.5 Å². The first-order chi connectivity index (χ1) is 12.6. The average molecular weight is 347 g/mol. The number of para-hydroxylation sites is 1. The van der Waals surface area contributed by atoms with Crippen LogP contribution in [-0.2, 0) is 0 Å². The van der Waals surface area contributed by atoms with E-state index in [1.165, 1.54) is 11.1 Å². The lowest BCUT2D eigenvalue weighted by molar-refractivity contribution is 0.102. The standard InChI is InChI=1S/C21H21N3O2/c1-14-7-6-9-18(15(14)2)24-20-12-11-16(13-22-20)23-21(25)17-8-4-5-10-19(17)26-3/h4-13H,1-3H3,(H,22,24)(H,23,25). The lowest BCUT2D eigenvalue weighted by Crippen LogP contribution is -2.13. The van der Waals surface area contributed by atoms with Crippen molar-refractivity contribution in [2.45, 2.75) is 13.8 Å². The van der Waals surface area contributed by atoms with Gasteiger partial charge in [0.25, 0.3) is 5.91 Å². The maximum atomic E-state index is 12.4. The lowest BCUT2D eigenvalue weighted by atomic mass is 10.1. The molecule has 0 saturated carbocycles. The molecular weight excluding hydrogens is 326 g/mol. The third-order valence-corrected chi connectivity index (χ3v) is 4.24. The quantitative estimate of drug-likeness (QED) is 0.702. The van der Waals surface area contributed by atoms with Crippen molar-refractivity contribution in [3.05, 3.63) is 77.5 Å². The lowest BCUT2D eigenvalue weighted by Gasteiger charge is -2.12. The zero-order valence-electron chi connectivity index (χ0n) is 15.0. The second-order valence-corrected chi connectivity index (χ2v) is 5.96. The number of pyridine rings is 1. The summed E-state index contributed by atoms with van der Waals surface area (Å²) in [5.41, 5.74) is 4.52. The highest BCUT2D eigenvalue weighted by molar-refractivity contribution is 6.06. The summed E-state index contributed by atoms with van der Waals surface area (Å²) in [7, 11) is 1.54. The van der Waals surface area contributed by atoms with Gasteiger partial charge in [0.15, 0.2) is 0 Å². The highest BCUT2D eigenvalue weighted by atomic mass is 16.5. The van der Waals surface area contributed by atoms with Gasteiger partial charge in [0.05, 0.1) is 24.6 Å². The summed E-state index contributed by atoms with van der Waals surface area (Å²) in [4.78, 5) is 16.8. The minimum atomic E-state index is -0.237. The molecule has 5 nitrogen and oxygen atoms in total. The first-order valence-electron chi connectivity index (χ1n) is 8.32. The molecule has 1 aromatic heterocycles. The van der Waals surface area contributed by atoms with E-state index >= 15 is 0 Å². The Hall–Kier alpha value is -3.34. The average Bonchev–Trinajstić information content (AvgIpc) is 2.67. The minimum absolute atomic E-state index is 0.237. The highest BCUT2D eigenvalue weighted by Gasteiger charge is 2.11. The molecule has 26 heavy (non-hydrogen) atoms. The molecule has 0 unspecified atom stereocenters. The van der Waals surface area contributed by atoms with Crippen molar-refractivity contribution in [3.63, 3.8) is 0 Å². The first kappa shape index (κ1) is 17.5. The Kier molecular flexibility index (Phi) is 5.17. The molecule has 0 radical (unpaired) electrons. The van der Waals surface area contributed by atoms with Crippen LogP contribution in [-0.4, -0.2) is 18.0 Å². The first-order valence-corrected chi connectivity index (χ1v) is 8.32. The molecule has 0 saturated heterocycles. The third kappa shape index (κ3) is 3.83. The largest absolute Gasteiger partial charge is 0.496 e. The monoisotopic (exact) mass is 347 g/mol. The van der Waals surface area contributed by atoms with Crippen LogP contribution in [0.2, 0.25) is 0 Å². The van der Waals surface area contributed by atoms with Gasteiger partial charge in [-0.2, -0.15) is 0 Å². The Balaban J connectivity index is 1.71. The molecule has 2 aromatic carbocycles. The van der Waals surface area contributed by atoms with Crippen LogP contribution in [0, 0.1) is 13.8 Å². The van der Waals surface area contributed by atoms with Gasteiger partial charge in [-0.15, -0.1) is 0 Å². The van der Waals surface area contributed by atoms with Gasteiger partial charge in [-0.25, -0.2) is 4.98 Å². The molecule has 2 N–H and O–H groups in total. The van der Waals surface area contributed by atoms with Crippen LogP contribution in [0.25, 0.3) is 0 Å². The summed E-state index contributed by atoms with van der Waals surface area (Å²) in [5, 5.41) is 6.13. The van der Waals surface area contributed by atoms with Crippen molar-refractivity contribution in [1.82, 2.24) is 4.98 Å². The maximum Gasteiger partial charge on any atom is 0.259 e. The number of carbonyl (C=O) groups is 1. The van der Waals surface area contributed by atoms with Gasteiger partial charge >= 0.3 is 0 Å². The zero-order chi connectivity index (χ0) is 18.5. The van der Waals surface area contributed by atoms with Gasteiger partial charge in [0.1, 0.15) is 11.6 Å².